The molecule has 1 aromatic heterocycles. The van der Waals surface area contributed by atoms with Gasteiger partial charge < -0.3 is 14.8 Å². The molecule has 0 aliphatic carbocycles. The van der Waals surface area contributed by atoms with E-state index in [1.54, 1.807) is 10.9 Å². The molecule has 0 spiro atoms. The summed E-state index contributed by atoms with van der Waals surface area (Å²) in [6, 6.07) is 7.50. The van der Waals surface area contributed by atoms with Crippen LogP contribution in [0, 0.1) is 0 Å². The normalized spacial score (nSPS) is 17.0. The molecule has 128 valence electrons. The number of carbonyl (C=O) groups is 1. The zero-order valence-electron chi connectivity index (χ0n) is 13.9. The summed E-state index contributed by atoms with van der Waals surface area (Å²) in [6.07, 6.45) is 7.04. The molecule has 1 saturated heterocycles. The van der Waals surface area contributed by atoms with Crippen LogP contribution in [0.25, 0.3) is 0 Å². The first-order chi connectivity index (χ1) is 11.7. The second kappa shape index (κ2) is 7.97. The van der Waals surface area contributed by atoms with Gasteiger partial charge in [0, 0.05) is 26.3 Å². The molecule has 0 radical (unpaired) electrons. The van der Waals surface area contributed by atoms with Crippen LogP contribution in [0.1, 0.15) is 24.8 Å². The number of carbonyl (C=O) groups excluding carboxylic acids is 1. The Bertz CT molecular complexity index is 678. The van der Waals surface area contributed by atoms with Crippen molar-refractivity contribution in [3.8, 4) is 5.75 Å². The molecule has 1 aromatic carbocycles. The minimum absolute atomic E-state index is 0.0352. The molecule has 1 fully saturated rings. The maximum Gasteiger partial charge on any atom is 0.224 e. The van der Waals surface area contributed by atoms with Crippen molar-refractivity contribution in [2.24, 2.45) is 7.05 Å². The van der Waals surface area contributed by atoms with E-state index in [4.69, 9.17) is 9.47 Å². The Morgan fingerprint density at radius 3 is 3.08 bits per heavy atom. The van der Waals surface area contributed by atoms with Crippen LogP contribution in [-0.2, 0) is 23.0 Å². The molecule has 0 saturated carbocycles. The molecule has 1 N–H and O–H groups in total. The topological polar surface area (TPSA) is 65.4 Å². The number of aryl methyl sites for hydroxylation is 2. The fourth-order valence-corrected chi connectivity index (χ4v) is 2.73. The van der Waals surface area contributed by atoms with E-state index in [0.29, 0.717) is 30.9 Å². The zero-order valence-corrected chi connectivity index (χ0v) is 13.9. The van der Waals surface area contributed by atoms with Crippen LogP contribution < -0.4 is 10.1 Å². The second-order valence-corrected chi connectivity index (χ2v) is 6.01. The molecule has 6 heteroatoms. The molecule has 1 atom stereocenters. The standard InChI is InChI=1S/C18H23N3O3/c1-21-12-14(11-19-21)8-9-18(22)20-16-6-2-3-7-17(16)24-13-15-5-4-10-23-15/h2-3,6-7,11-12,15H,4-5,8-10,13H2,1H3,(H,20,22). The number of benzene rings is 1. The molecule has 1 aliphatic heterocycles. The van der Waals surface area contributed by atoms with Crippen molar-refractivity contribution in [1.29, 1.82) is 0 Å². The van der Waals surface area contributed by atoms with E-state index < -0.39 is 0 Å². The van der Waals surface area contributed by atoms with E-state index in [9.17, 15) is 4.79 Å². The number of amides is 1. The van der Waals surface area contributed by atoms with Crippen molar-refractivity contribution < 1.29 is 14.3 Å². The molecular weight excluding hydrogens is 306 g/mol. The Morgan fingerprint density at radius 2 is 2.33 bits per heavy atom. The molecule has 3 rings (SSSR count). The number of nitrogens with one attached hydrogen (secondary N) is 1. The molecule has 0 bridgehead atoms. The van der Waals surface area contributed by atoms with Gasteiger partial charge in [0.1, 0.15) is 12.4 Å². The average molecular weight is 329 g/mol. The highest BCUT2D eigenvalue weighted by atomic mass is 16.5. The number of aromatic nitrogens is 2. The number of ether oxygens (including phenoxy) is 2. The highest BCUT2D eigenvalue weighted by Gasteiger charge is 2.17. The number of anilines is 1. The summed E-state index contributed by atoms with van der Waals surface area (Å²) in [5, 5.41) is 7.04. The van der Waals surface area contributed by atoms with Gasteiger partial charge in [0.25, 0.3) is 0 Å². The molecule has 1 amide bonds. The first-order valence-corrected chi connectivity index (χ1v) is 8.31. The third-order valence-corrected chi connectivity index (χ3v) is 4.01. The monoisotopic (exact) mass is 329 g/mol. The van der Waals surface area contributed by atoms with Crippen molar-refractivity contribution in [2.45, 2.75) is 31.8 Å². The molecule has 1 aliphatic rings. The highest BCUT2D eigenvalue weighted by Crippen LogP contribution is 2.25. The Kier molecular flexibility index (Phi) is 5.48. The molecular formula is C18H23N3O3. The summed E-state index contributed by atoms with van der Waals surface area (Å²) >= 11 is 0. The SMILES string of the molecule is Cn1cc(CCC(=O)Nc2ccccc2OCC2CCCO2)cn1. The van der Waals surface area contributed by atoms with Crippen molar-refractivity contribution >= 4 is 11.6 Å². The maximum absolute atomic E-state index is 12.2. The fraction of sp³-hybridized carbons (Fsp3) is 0.444. The summed E-state index contributed by atoms with van der Waals surface area (Å²) in [6.45, 7) is 1.32. The van der Waals surface area contributed by atoms with E-state index in [-0.39, 0.29) is 12.0 Å². The smallest absolute Gasteiger partial charge is 0.224 e. The third-order valence-electron chi connectivity index (χ3n) is 4.01. The van der Waals surface area contributed by atoms with Gasteiger partial charge in [0.15, 0.2) is 0 Å². The summed E-state index contributed by atoms with van der Waals surface area (Å²) < 4.78 is 13.1. The zero-order chi connectivity index (χ0) is 16.8. The predicted molar refractivity (Wildman–Crippen MR) is 91.1 cm³/mol. The Labute approximate surface area is 141 Å². The van der Waals surface area contributed by atoms with E-state index in [0.717, 1.165) is 25.0 Å². The van der Waals surface area contributed by atoms with Crippen molar-refractivity contribution in [2.75, 3.05) is 18.5 Å². The number of hydrogen-bond donors (Lipinski definition) is 1. The first kappa shape index (κ1) is 16.5. The van der Waals surface area contributed by atoms with E-state index >= 15 is 0 Å². The van der Waals surface area contributed by atoms with Crippen LogP contribution in [0.15, 0.2) is 36.7 Å². The Hall–Kier alpha value is -2.34. The van der Waals surface area contributed by atoms with E-state index in [1.165, 1.54) is 0 Å². The Balaban J connectivity index is 1.52. The van der Waals surface area contributed by atoms with Crippen LogP contribution in [0.4, 0.5) is 5.69 Å². The minimum Gasteiger partial charge on any atom is -0.489 e. The van der Waals surface area contributed by atoms with Gasteiger partial charge in [0.05, 0.1) is 18.0 Å². The fourth-order valence-electron chi connectivity index (χ4n) is 2.73. The van der Waals surface area contributed by atoms with E-state index in [2.05, 4.69) is 10.4 Å². The van der Waals surface area contributed by atoms with Crippen LogP contribution >= 0.6 is 0 Å². The molecule has 6 nitrogen and oxygen atoms in total. The lowest BCUT2D eigenvalue weighted by atomic mass is 10.2. The lowest BCUT2D eigenvalue weighted by Crippen LogP contribution is -2.18. The third kappa shape index (κ3) is 4.58. The van der Waals surface area contributed by atoms with Gasteiger partial charge >= 0.3 is 0 Å². The summed E-state index contributed by atoms with van der Waals surface area (Å²) in [5.41, 5.74) is 1.75. The summed E-state index contributed by atoms with van der Waals surface area (Å²) in [7, 11) is 1.87. The summed E-state index contributed by atoms with van der Waals surface area (Å²) in [5.74, 6) is 0.648. The van der Waals surface area contributed by atoms with Gasteiger partial charge in [-0.1, -0.05) is 12.1 Å². The molecule has 1 unspecified atom stereocenters. The van der Waals surface area contributed by atoms with Gasteiger partial charge in [0.2, 0.25) is 5.91 Å². The van der Waals surface area contributed by atoms with Gasteiger partial charge in [-0.25, -0.2) is 0 Å². The highest BCUT2D eigenvalue weighted by molar-refractivity contribution is 5.92. The van der Waals surface area contributed by atoms with Gasteiger partial charge in [-0.2, -0.15) is 5.10 Å². The second-order valence-electron chi connectivity index (χ2n) is 6.01. The maximum atomic E-state index is 12.2. The molecule has 24 heavy (non-hydrogen) atoms. The lowest BCUT2D eigenvalue weighted by molar-refractivity contribution is -0.116. The van der Waals surface area contributed by atoms with Crippen LogP contribution in [-0.4, -0.2) is 35.0 Å². The van der Waals surface area contributed by atoms with Crippen LogP contribution in [0.3, 0.4) is 0 Å². The Morgan fingerprint density at radius 1 is 1.46 bits per heavy atom. The summed E-state index contributed by atoms with van der Waals surface area (Å²) in [4.78, 5) is 12.2. The molecule has 2 aromatic rings. The molecule has 2 heterocycles. The van der Waals surface area contributed by atoms with Crippen molar-refractivity contribution in [3.05, 3.63) is 42.2 Å². The lowest BCUT2D eigenvalue weighted by Gasteiger charge is -2.15. The van der Waals surface area contributed by atoms with Gasteiger partial charge in [-0.05, 0) is 37.0 Å². The number of rotatable bonds is 7. The number of para-hydroxylation sites is 2. The largest absolute Gasteiger partial charge is 0.489 e. The first-order valence-electron chi connectivity index (χ1n) is 8.31. The predicted octanol–water partition coefficient (Wildman–Crippen LogP) is 2.55. The van der Waals surface area contributed by atoms with Crippen LogP contribution in [0.5, 0.6) is 5.75 Å². The van der Waals surface area contributed by atoms with Gasteiger partial charge in [-0.3, -0.25) is 9.48 Å². The quantitative estimate of drug-likeness (QED) is 0.848. The van der Waals surface area contributed by atoms with Gasteiger partial charge in [-0.15, -0.1) is 0 Å². The van der Waals surface area contributed by atoms with Crippen molar-refractivity contribution in [1.82, 2.24) is 9.78 Å². The average Bonchev–Trinajstić information content (AvgIpc) is 3.24. The number of hydrogen-bond acceptors (Lipinski definition) is 4. The van der Waals surface area contributed by atoms with E-state index in [1.807, 2.05) is 37.5 Å². The van der Waals surface area contributed by atoms with Crippen LogP contribution in [0.2, 0.25) is 0 Å². The minimum atomic E-state index is -0.0352. The number of nitrogens with zero attached hydrogens (tertiary/aromatic N) is 2. The van der Waals surface area contributed by atoms with Crippen molar-refractivity contribution in [3.63, 3.8) is 0 Å².